The molecule has 0 spiro atoms. The van der Waals surface area contributed by atoms with Crippen molar-refractivity contribution in [3.8, 4) is 11.5 Å². The van der Waals surface area contributed by atoms with Crippen LogP contribution >= 0.6 is 0 Å². The number of fused-ring (bicyclic) bond motifs is 1. The fourth-order valence-electron chi connectivity index (χ4n) is 2.39. The molecule has 5 heteroatoms. The Morgan fingerprint density at radius 3 is 2.86 bits per heavy atom. The Hall–Kier alpha value is -2.56. The molecule has 1 N–H and O–H groups in total. The molecule has 2 aromatic rings. The first-order chi connectivity index (χ1) is 10.7. The first-order valence-corrected chi connectivity index (χ1v) is 7.10. The molecule has 3 rings (SSSR count). The molecule has 1 amide bonds. The van der Waals surface area contributed by atoms with Crippen LogP contribution in [0.25, 0.3) is 0 Å². The summed E-state index contributed by atoms with van der Waals surface area (Å²) in [6.07, 6.45) is 0. The molecule has 1 aliphatic heterocycles. The first-order valence-electron chi connectivity index (χ1n) is 7.10. The third-order valence-corrected chi connectivity index (χ3v) is 3.54. The molecular weight excluding hydrogens is 285 g/mol. The quantitative estimate of drug-likeness (QED) is 0.923. The molecule has 0 saturated heterocycles. The molecule has 1 aliphatic rings. The normalized spacial score (nSPS) is 15.8. The van der Waals surface area contributed by atoms with Gasteiger partial charge in [-0.2, -0.15) is 0 Å². The van der Waals surface area contributed by atoms with E-state index in [1.807, 2.05) is 24.3 Å². The monoisotopic (exact) mass is 301 g/mol. The van der Waals surface area contributed by atoms with E-state index in [9.17, 15) is 9.18 Å². The van der Waals surface area contributed by atoms with E-state index < -0.39 is 5.82 Å². The molecule has 0 aromatic heterocycles. The van der Waals surface area contributed by atoms with E-state index in [1.165, 1.54) is 12.1 Å². The Labute approximate surface area is 127 Å². The summed E-state index contributed by atoms with van der Waals surface area (Å²) in [6.45, 7) is 0.806. The van der Waals surface area contributed by atoms with Crippen LogP contribution in [0.5, 0.6) is 11.5 Å². The lowest BCUT2D eigenvalue weighted by Gasteiger charge is -2.11. The van der Waals surface area contributed by atoms with Crippen molar-refractivity contribution >= 4 is 5.91 Å². The van der Waals surface area contributed by atoms with Gasteiger partial charge in [0, 0.05) is 18.0 Å². The smallest absolute Gasteiger partial charge is 0.257 e. The fourth-order valence-corrected chi connectivity index (χ4v) is 2.39. The zero-order valence-corrected chi connectivity index (χ0v) is 11.9. The number of carbonyl (C=O) groups excluding carboxylic acids is 1. The SMILES string of the molecule is O=C(COc1ccccc1F)NCC1COc2ccccc21. The summed E-state index contributed by atoms with van der Waals surface area (Å²) in [7, 11) is 0. The molecule has 114 valence electrons. The third kappa shape index (κ3) is 3.19. The highest BCUT2D eigenvalue weighted by Gasteiger charge is 2.23. The molecule has 22 heavy (non-hydrogen) atoms. The second-order valence-electron chi connectivity index (χ2n) is 5.07. The van der Waals surface area contributed by atoms with Crippen LogP contribution in [0.4, 0.5) is 4.39 Å². The third-order valence-electron chi connectivity index (χ3n) is 3.54. The van der Waals surface area contributed by atoms with E-state index in [4.69, 9.17) is 9.47 Å². The van der Waals surface area contributed by atoms with Crippen LogP contribution < -0.4 is 14.8 Å². The molecule has 2 aromatic carbocycles. The number of amides is 1. The minimum Gasteiger partial charge on any atom is -0.493 e. The van der Waals surface area contributed by atoms with Gasteiger partial charge in [0.2, 0.25) is 0 Å². The standard InChI is InChI=1S/C17H16FNO3/c18-14-6-2-4-8-16(14)22-11-17(20)19-9-12-10-21-15-7-3-1-5-13(12)15/h1-8,12H,9-11H2,(H,19,20). The Kier molecular flexibility index (Phi) is 4.23. The van der Waals surface area contributed by atoms with Gasteiger partial charge in [-0.05, 0) is 18.2 Å². The van der Waals surface area contributed by atoms with Crippen molar-refractivity contribution in [3.63, 3.8) is 0 Å². The van der Waals surface area contributed by atoms with Crippen molar-refractivity contribution in [2.45, 2.75) is 5.92 Å². The van der Waals surface area contributed by atoms with Gasteiger partial charge in [0.05, 0.1) is 6.61 Å². The molecule has 0 fully saturated rings. The summed E-state index contributed by atoms with van der Waals surface area (Å²) in [5, 5.41) is 2.79. The van der Waals surface area contributed by atoms with Gasteiger partial charge in [-0.3, -0.25) is 4.79 Å². The number of benzene rings is 2. The van der Waals surface area contributed by atoms with Crippen molar-refractivity contribution in [1.82, 2.24) is 5.32 Å². The number of nitrogens with one attached hydrogen (secondary N) is 1. The zero-order chi connectivity index (χ0) is 15.4. The van der Waals surface area contributed by atoms with Crippen LogP contribution in [0.15, 0.2) is 48.5 Å². The van der Waals surface area contributed by atoms with Gasteiger partial charge in [-0.25, -0.2) is 4.39 Å². The van der Waals surface area contributed by atoms with E-state index in [-0.39, 0.29) is 24.2 Å². The molecule has 0 bridgehead atoms. The van der Waals surface area contributed by atoms with Gasteiger partial charge >= 0.3 is 0 Å². The topological polar surface area (TPSA) is 47.6 Å². The summed E-state index contributed by atoms with van der Waals surface area (Å²) in [6, 6.07) is 13.8. The minimum atomic E-state index is -0.478. The number of para-hydroxylation sites is 2. The van der Waals surface area contributed by atoms with Crippen molar-refractivity contribution in [2.24, 2.45) is 0 Å². The van der Waals surface area contributed by atoms with Crippen LogP contribution in [0, 0.1) is 5.82 Å². The molecular formula is C17H16FNO3. The summed E-state index contributed by atoms with van der Waals surface area (Å²) >= 11 is 0. The first kappa shape index (κ1) is 14.4. The number of carbonyl (C=O) groups is 1. The number of ether oxygens (including phenoxy) is 2. The van der Waals surface area contributed by atoms with E-state index in [2.05, 4.69) is 5.32 Å². The van der Waals surface area contributed by atoms with Gasteiger partial charge in [0.15, 0.2) is 18.2 Å². The van der Waals surface area contributed by atoms with Gasteiger partial charge in [-0.15, -0.1) is 0 Å². The van der Waals surface area contributed by atoms with Crippen LogP contribution in [-0.4, -0.2) is 25.7 Å². The lowest BCUT2D eigenvalue weighted by atomic mass is 10.0. The van der Waals surface area contributed by atoms with Crippen LogP contribution in [0.3, 0.4) is 0 Å². The summed E-state index contributed by atoms with van der Waals surface area (Å²) in [4.78, 5) is 11.8. The van der Waals surface area contributed by atoms with Crippen molar-refractivity contribution in [1.29, 1.82) is 0 Å². The predicted octanol–water partition coefficient (Wildman–Crippen LogP) is 2.50. The average molecular weight is 301 g/mol. The van der Waals surface area contributed by atoms with E-state index >= 15 is 0 Å². The highest BCUT2D eigenvalue weighted by atomic mass is 19.1. The van der Waals surface area contributed by atoms with Crippen LogP contribution in [0.1, 0.15) is 11.5 Å². The maximum absolute atomic E-state index is 13.4. The van der Waals surface area contributed by atoms with Gasteiger partial charge < -0.3 is 14.8 Å². The molecule has 4 nitrogen and oxygen atoms in total. The molecule has 0 aliphatic carbocycles. The van der Waals surface area contributed by atoms with E-state index in [0.29, 0.717) is 13.2 Å². The van der Waals surface area contributed by atoms with Gasteiger partial charge in [0.25, 0.3) is 5.91 Å². The van der Waals surface area contributed by atoms with Crippen LogP contribution in [0.2, 0.25) is 0 Å². The van der Waals surface area contributed by atoms with E-state index in [1.54, 1.807) is 12.1 Å². The summed E-state index contributed by atoms with van der Waals surface area (Å²) < 4.78 is 24.1. The predicted molar refractivity (Wildman–Crippen MR) is 79.6 cm³/mol. The molecule has 1 heterocycles. The Bertz CT molecular complexity index is 674. The van der Waals surface area contributed by atoms with Crippen molar-refractivity contribution in [3.05, 3.63) is 59.9 Å². The van der Waals surface area contributed by atoms with Gasteiger partial charge in [0.1, 0.15) is 5.75 Å². The van der Waals surface area contributed by atoms with Crippen LogP contribution in [-0.2, 0) is 4.79 Å². The van der Waals surface area contributed by atoms with E-state index in [0.717, 1.165) is 11.3 Å². The number of hydrogen-bond acceptors (Lipinski definition) is 3. The maximum atomic E-state index is 13.4. The number of rotatable bonds is 5. The molecule has 1 atom stereocenters. The highest BCUT2D eigenvalue weighted by molar-refractivity contribution is 5.77. The average Bonchev–Trinajstić information content (AvgIpc) is 2.95. The molecule has 0 saturated carbocycles. The fraction of sp³-hybridized carbons (Fsp3) is 0.235. The Morgan fingerprint density at radius 2 is 2.00 bits per heavy atom. The Morgan fingerprint density at radius 1 is 1.23 bits per heavy atom. The second-order valence-corrected chi connectivity index (χ2v) is 5.07. The number of halogens is 1. The lowest BCUT2D eigenvalue weighted by Crippen LogP contribution is -2.33. The lowest BCUT2D eigenvalue weighted by molar-refractivity contribution is -0.123. The largest absolute Gasteiger partial charge is 0.493 e. The maximum Gasteiger partial charge on any atom is 0.257 e. The van der Waals surface area contributed by atoms with Gasteiger partial charge in [-0.1, -0.05) is 30.3 Å². The van der Waals surface area contributed by atoms with Crippen molar-refractivity contribution < 1.29 is 18.7 Å². The Balaban J connectivity index is 1.48. The summed E-state index contributed by atoms with van der Waals surface area (Å²) in [5.41, 5.74) is 1.10. The minimum absolute atomic E-state index is 0.0761. The zero-order valence-electron chi connectivity index (χ0n) is 11.9. The van der Waals surface area contributed by atoms with Crippen molar-refractivity contribution in [2.75, 3.05) is 19.8 Å². The summed E-state index contributed by atoms with van der Waals surface area (Å²) in [5.74, 6) is 0.311. The second kappa shape index (κ2) is 6.47. The molecule has 0 radical (unpaired) electrons. The number of hydrogen-bond donors (Lipinski definition) is 1. The molecule has 1 unspecified atom stereocenters. The highest BCUT2D eigenvalue weighted by Crippen LogP contribution is 2.32.